The molecule has 0 fully saturated rings. The quantitative estimate of drug-likeness (QED) is 0.575. The second kappa shape index (κ2) is 9.22. The van der Waals surface area contributed by atoms with Gasteiger partial charge in [0.05, 0.1) is 6.54 Å². The van der Waals surface area contributed by atoms with E-state index in [1.165, 1.54) is 0 Å². The molecule has 0 bridgehead atoms. The highest BCUT2D eigenvalue weighted by Gasteiger charge is 2.17. The van der Waals surface area contributed by atoms with Crippen LogP contribution >= 0.6 is 11.6 Å². The lowest BCUT2D eigenvalue weighted by atomic mass is 10.1. The van der Waals surface area contributed by atoms with E-state index in [0.29, 0.717) is 18.2 Å². The fourth-order valence-electron chi connectivity index (χ4n) is 2.83. The Bertz CT molecular complexity index is 1010. The number of rotatable bonds is 6. The number of carbonyl (C=O) groups is 1. The summed E-state index contributed by atoms with van der Waals surface area (Å²) in [5.41, 5.74) is 2.42. The van der Waals surface area contributed by atoms with E-state index in [4.69, 9.17) is 21.1 Å². The molecule has 2 aromatic carbocycles. The molecule has 158 valence electrons. The minimum atomic E-state index is -0.540. The first-order valence-electron chi connectivity index (χ1n) is 9.69. The van der Waals surface area contributed by atoms with Gasteiger partial charge in [0.2, 0.25) is 5.88 Å². The van der Waals surface area contributed by atoms with Crippen molar-refractivity contribution in [2.45, 2.75) is 46.4 Å². The summed E-state index contributed by atoms with van der Waals surface area (Å²) in [7, 11) is 0. The van der Waals surface area contributed by atoms with Crippen LogP contribution in [-0.2, 0) is 13.2 Å². The molecule has 0 radical (unpaired) electrons. The number of nitrogens with one attached hydrogen (secondary N) is 1. The van der Waals surface area contributed by atoms with Crippen LogP contribution < -0.4 is 14.8 Å². The third-order valence-corrected chi connectivity index (χ3v) is 4.45. The van der Waals surface area contributed by atoms with Crippen LogP contribution in [0.3, 0.4) is 0 Å². The maximum atomic E-state index is 12.0. The molecule has 30 heavy (non-hydrogen) atoms. The molecule has 0 unspecified atom stereocenters. The number of aromatic nitrogens is 2. The Morgan fingerprint density at radius 1 is 1.13 bits per heavy atom. The number of nitrogens with zero attached hydrogens (tertiary/aromatic N) is 2. The molecule has 0 aliphatic carbocycles. The van der Waals surface area contributed by atoms with Crippen LogP contribution in [0.15, 0.2) is 54.6 Å². The number of ether oxygens (including phenoxy) is 2. The molecule has 1 amide bonds. The first-order chi connectivity index (χ1) is 14.2. The number of amides is 1. The molecule has 0 saturated heterocycles. The highest BCUT2D eigenvalue weighted by molar-refractivity contribution is 6.30. The topological polar surface area (TPSA) is 65.4 Å². The minimum absolute atomic E-state index is 0.239. The lowest BCUT2D eigenvalue weighted by molar-refractivity contribution is 0.188. The summed E-state index contributed by atoms with van der Waals surface area (Å²) in [6, 6.07) is 17.2. The van der Waals surface area contributed by atoms with Gasteiger partial charge in [-0.1, -0.05) is 41.9 Å². The number of aryl methyl sites for hydroxylation is 1. The summed E-state index contributed by atoms with van der Waals surface area (Å²) in [5, 5.41) is 7.76. The summed E-state index contributed by atoms with van der Waals surface area (Å²) in [6.07, 6.45) is -0.540. The highest BCUT2D eigenvalue weighted by atomic mass is 35.5. The molecule has 6 nitrogen and oxygen atoms in total. The largest absolute Gasteiger partial charge is 0.489 e. The minimum Gasteiger partial charge on any atom is -0.489 e. The summed E-state index contributed by atoms with van der Waals surface area (Å²) in [5.74, 6) is 0.967. The summed E-state index contributed by atoms with van der Waals surface area (Å²) < 4.78 is 13.1. The van der Waals surface area contributed by atoms with Crippen molar-refractivity contribution in [2.24, 2.45) is 0 Å². The van der Waals surface area contributed by atoms with Crippen LogP contribution in [0.2, 0.25) is 5.02 Å². The summed E-state index contributed by atoms with van der Waals surface area (Å²) >= 11 is 6.21. The van der Waals surface area contributed by atoms with Crippen LogP contribution in [-0.4, -0.2) is 21.4 Å². The van der Waals surface area contributed by atoms with Crippen LogP contribution in [0.25, 0.3) is 0 Å². The molecule has 1 N–H and O–H groups in total. The molecular weight excluding hydrogens is 402 g/mol. The second-order valence-electron chi connectivity index (χ2n) is 8.07. The average molecular weight is 428 g/mol. The van der Waals surface area contributed by atoms with E-state index in [0.717, 1.165) is 22.6 Å². The van der Waals surface area contributed by atoms with Gasteiger partial charge < -0.3 is 14.8 Å². The third kappa shape index (κ3) is 6.26. The summed E-state index contributed by atoms with van der Waals surface area (Å²) in [6.45, 7) is 8.43. The Labute approximate surface area is 181 Å². The standard InChI is InChI=1S/C23H26ClN3O3/c1-16-12-21(30-22(28)25-23(2,3)4)26-27(16)14-18-13-19(24)10-11-20(18)29-15-17-8-6-5-7-9-17/h5-13H,14-15H2,1-4H3,(H,25,28). The first kappa shape index (κ1) is 21.7. The molecule has 0 aliphatic rings. The zero-order chi connectivity index (χ0) is 21.7. The molecular formula is C23H26ClN3O3. The SMILES string of the molecule is Cc1cc(OC(=O)NC(C)(C)C)nn1Cc1cc(Cl)ccc1OCc1ccccc1. The molecule has 1 heterocycles. The third-order valence-electron chi connectivity index (χ3n) is 4.21. The van der Waals surface area contributed by atoms with Crippen LogP contribution in [0.5, 0.6) is 11.6 Å². The molecule has 0 aliphatic heterocycles. The van der Waals surface area contributed by atoms with Gasteiger partial charge in [0.1, 0.15) is 12.4 Å². The van der Waals surface area contributed by atoms with E-state index in [1.54, 1.807) is 16.8 Å². The van der Waals surface area contributed by atoms with Gasteiger partial charge in [-0.05, 0) is 51.5 Å². The van der Waals surface area contributed by atoms with Crippen molar-refractivity contribution < 1.29 is 14.3 Å². The van der Waals surface area contributed by atoms with Gasteiger partial charge in [-0.3, -0.25) is 4.68 Å². The lowest BCUT2D eigenvalue weighted by Gasteiger charge is -2.19. The molecule has 0 saturated carbocycles. The van der Waals surface area contributed by atoms with Crippen LogP contribution in [0.1, 0.15) is 37.6 Å². The Kier molecular flexibility index (Phi) is 6.67. The predicted molar refractivity (Wildman–Crippen MR) is 117 cm³/mol. The monoisotopic (exact) mass is 427 g/mol. The van der Waals surface area contributed by atoms with Crippen molar-refractivity contribution in [3.8, 4) is 11.6 Å². The normalized spacial score (nSPS) is 11.2. The Hall–Kier alpha value is -2.99. The van der Waals surface area contributed by atoms with Crippen molar-refractivity contribution in [2.75, 3.05) is 0 Å². The first-order valence-corrected chi connectivity index (χ1v) is 10.1. The zero-order valence-corrected chi connectivity index (χ0v) is 18.4. The number of halogens is 1. The van der Waals surface area contributed by atoms with Crippen molar-refractivity contribution in [1.82, 2.24) is 15.1 Å². The Morgan fingerprint density at radius 2 is 1.87 bits per heavy atom. The molecule has 0 spiro atoms. The predicted octanol–water partition coefficient (Wildman–Crippen LogP) is 5.36. The van der Waals surface area contributed by atoms with E-state index < -0.39 is 6.09 Å². The van der Waals surface area contributed by atoms with Gasteiger partial charge in [0.25, 0.3) is 0 Å². The highest BCUT2D eigenvalue weighted by Crippen LogP contribution is 2.26. The van der Waals surface area contributed by atoms with Crippen molar-refractivity contribution in [3.05, 3.63) is 76.4 Å². The molecule has 7 heteroatoms. The van der Waals surface area contributed by atoms with E-state index >= 15 is 0 Å². The molecule has 3 aromatic rings. The second-order valence-corrected chi connectivity index (χ2v) is 8.51. The van der Waals surface area contributed by atoms with Crippen molar-refractivity contribution in [1.29, 1.82) is 0 Å². The number of benzene rings is 2. The van der Waals surface area contributed by atoms with Crippen molar-refractivity contribution >= 4 is 17.7 Å². The maximum absolute atomic E-state index is 12.0. The van der Waals surface area contributed by atoms with E-state index in [1.807, 2.05) is 70.2 Å². The Morgan fingerprint density at radius 3 is 2.57 bits per heavy atom. The van der Waals surface area contributed by atoms with Gasteiger partial charge in [-0.2, -0.15) is 0 Å². The maximum Gasteiger partial charge on any atom is 0.414 e. The fraction of sp³-hybridized carbons (Fsp3) is 0.304. The number of hydrogen-bond donors (Lipinski definition) is 1. The molecule has 3 rings (SSSR count). The zero-order valence-electron chi connectivity index (χ0n) is 17.6. The number of hydrogen-bond acceptors (Lipinski definition) is 4. The van der Waals surface area contributed by atoms with E-state index in [9.17, 15) is 4.79 Å². The lowest BCUT2D eigenvalue weighted by Crippen LogP contribution is -2.42. The summed E-state index contributed by atoms with van der Waals surface area (Å²) in [4.78, 5) is 12.0. The van der Waals surface area contributed by atoms with E-state index in [2.05, 4.69) is 10.4 Å². The van der Waals surface area contributed by atoms with E-state index in [-0.39, 0.29) is 11.4 Å². The van der Waals surface area contributed by atoms with Gasteiger partial charge in [0, 0.05) is 27.9 Å². The van der Waals surface area contributed by atoms with Gasteiger partial charge >= 0.3 is 6.09 Å². The fourth-order valence-corrected chi connectivity index (χ4v) is 3.02. The molecule has 0 atom stereocenters. The van der Waals surface area contributed by atoms with Gasteiger partial charge in [0.15, 0.2) is 0 Å². The van der Waals surface area contributed by atoms with Gasteiger partial charge in [-0.15, -0.1) is 5.10 Å². The number of carbonyl (C=O) groups excluding carboxylic acids is 1. The smallest absolute Gasteiger partial charge is 0.414 e. The van der Waals surface area contributed by atoms with Crippen molar-refractivity contribution in [3.63, 3.8) is 0 Å². The Balaban J connectivity index is 1.73. The average Bonchev–Trinajstić information content (AvgIpc) is 2.99. The van der Waals surface area contributed by atoms with Crippen LogP contribution in [0.4, 0.5) is 4.79 Å². The van der Waals surface area contributed by atoms with Crippen LogP contribution in [0, 0.1) is 6.92 Å². The molecule has 1 aromatic heterocycles. The van der Waals surface area contributed by atoms with Gasteiger partial charge in [-0.25, -0.2) is 4.79 Å².